The third-order valence-electron chi connectivity index (χ3n) is 4.01. The van der Waals surface area contributed by atoms with Crippen molar-refractivity contribution in [2.24, 2.45) is 4.99 Å². The van der Waals surface area contributed by atoms with E-state index in [1.54, 1.807) is 23.5 Å². The average molecular weight is 403 g/mol. The highest BCUT2D eigenvalue weighted by atomic mass is 79.9. The molecule has 0 aliphatic carbocycles. The highest BCUT2D eigenvalue weighted by Gasteiger charge is 2.10. The lowest BCUT2D eigenvalue weighted by atomic mass is 10.1. The van der Waals surface area contributed by atoms with Gasteiger partial charge in [-0.25, -0.2) is 0 Å². The van der Waals surface area contributed by atoms with Crippen LogP contribution in [0.4, 0.5) is 0 Å². The van der Waals surface area contributed by atoms with Gasteiger partial charge in [0.2, 0.25) is 0 Å². The van der Waals surface area contributed by atoms with E-state index < -0.39 is 0 Å². The molecule has 0 spiro atoms. The summed E-state index contributed by atoms with van der Waals surface area (Å²) in [5, 5.41) is 0. The highest BCUT2D eigenvalue weighted by molar-refractivity contribution is 9.10. The number of hydrogen-bond acceptors (Lipinski definition) is 2. The number of carbonyl (C=O) groups excluding carboxylic acids is 1. The summed E-state index contributed by atoms with van der Waals surface area (Å²) in [6.45, 7) is 7.22. The minimum absolute atomic E-state index is 0.207. The Kier molecular flexibility index (Phi) is 5.01. The maximum Gasteiger partial charge on any atom is 0.279 e. The van der Waals surface area contributed by atoms with Crippen molar-refractivity contribution in [3.8, 4) is 0 Å². The number of fused-ring (bicyclic) bond motifs is 1. The zero-order valence-corrected chi connectivity index (χ0v) is 16.4. The molecule has 2 aromatic carbocycles. The molecule has 3 rings (SSSR count). The maximum atomic E-state index is 12.5. The first-order valence-electron chi connectivity index (χ1n) is 7.95. The van der Waals surface area contributed by atoms with Crippen LogP contribution in [0.25, 0.3) is 10.2 Å². The van der Waals surface area contributed by atoms with Gasteiger partial charge in [-0.05, 0) is 61.7 Å². The van der Waals surface area contributed by atoms with Gasteiger partial charge in [-0.2, -0.15) is 4.99 Å². The van der Waals surface area contributed by atoms with Crippen LogP contribution in [0.3, 0.4) is 0 Å². The Labute approximate surface area is 153 Å². The lowest BCUT2D eigenvalue weighted by molar-refractivity contribution is 0.0997. The lowest BCUT2D eigenvalue weighted by Gasteiger charge is -2.05. The standard InChI is InChI=1S/C19H19BrN2OS/c1-4-8-22-16-9-12(2)13(3)10-17(16)24-19(22)21-18(23)14-6-5-7-15(20)11-14/h5-7,9-11H,4,8H2,1-3H3. The molecule has 0 aliphatic rings. The molecule has 1 aromatic heterocycles. The Balaban J connectivity index is 2.17. The van der Waals surface area contributed by atoms with Crippen LogP contribution in [-0.2, 0) is 6.54 Å². The fourth-order valence-electron chi connectivity index (χ4n) is 2.62. The average Bonchev–Trinajstić information content (AvgIpc) is 2.85. The lowest BCUT2D eigenvalue weighted by Crippen LogP contribution is -2.16. The number of aryl methyl sites for hydroxylation is 3. The van der Waals surface area contributed by atoms with Crippen molar-refractivity contribution in [2.45, 2.75) is 33.7 Å². The van der Waals surface area contributed by atoms with Crippen LogP contribution in [0.15, 0.2) is 45.9 Å². The van der Waals surface area contributed by atoms with E-state index in [4.69, 9.17) is 0 Å². The second-order valence-electron chi connectivity index (χ2n) is 5.87. The number of nitrogens with zero attached hydrogens (tertiary/aromatic N) is 2. The maximum absolute atomic E-state index is 12.5. The van der Waals surface area contributed by atoms with Crippen LogP contribution in [0.2, 0.25) is 0 Å². The fraction of sp³-hybridized carbons (Fsp3) is 0.263. The van der Waals surface area contributed by atoms with Crippen LogP contribution in [-0.4, -0.2) is 10.5 Å². The smallest absolute Gasteiger partial charge is 0.279 e. The van der Waals surface area contributed by atoms with Crippen molar-refractivity contribution in [1.82, 2.24) is 4.57 Å². The predicted molar refractivity (Wildman–Crippen MR) is 104 cm³/mol. The summed E-state index contributed by atoms with van der Waals surface area (Å²) >= 11 is 4.98. The molecule has 0 aliphatic heterocycles. The molecule has 0 saturated heterocycles. The van der Waals surface area contributed by atoms with Gasteiger partial charge in [-0.3, -0.25) is 4.79 Å². The normalized spacial score (nSPS) is 12.1. The van der Waals surface area contributed by atoms with E-state index >= 15 is 0 Å². The Hall–Kier alpha value is -1.72. The van der Waals surface area contributed by atoms with Crippen molar-refractivity contribution in [1.29, 1.82) is 0 Å². The summed E-state index contributed by atoms with van der Waals surface area (Å²) in [6.07, 6.45) is 0.997. The molecule has 1 amide bonds. The monoisotopic (exact) mass is 402 g/mol. The Bertz CT molecular complexity index is 985. The van der Waals surface area contributed by atoms with Crippen molar-refractivity contribution in [3.05, 3.63) is 62.4 Å². The van der Waals surface area contributed by atoms with E-state index in [-0.39, 0.29) is 5.91 Å². The second kappa shape index (κ2) is 7.03. The second-order valence-corrected chi connectivity index (χ2v) is 7.79. The van der Waals surface area contributed by atoms with Crippen LogP contribution >= 0.6 is 27.3 Å². The molecular formula is C19H19BrN2OS. The van der Waals surface area contributed by atoms with Crippen LogP contribution in [0.5, 0.6) is 0 Å². The number of amides is 1. The van der Waals surface area contributed by atoms with E-state index in [1.807, 2.05) is 12.1 Å². The number of benzene rings is 2. The van der Waals surface area contributed by atoms with Gasteiger partial charge in [0.25, 0.3) is 5.91 Å². The van der Waals surface area contributed by atoms with E-state index in [0.29, 0.717) is 5.56 Å². The molecule has 0 atom stereocenters. The SMILES string of the molecule is CCCn1c(=NC(=O)c2cccc(Br)c2)sc2cc(C)c(C)cc21. The quantitative estimate of drug-likeness (QED) is 0.590. The first-order chi connectivity index (χ1) is 11.5. The minimum Gasteiger partial charge on any atom is -0.316 e. The molecule has 0 unspecified atom stereocenters. The number of aromatic nitrogens is 1. The van der Waals surface area contributed by atoms with Gasteiger partial charge in [-0.1, -0.05) is 40.3 Å². The van der Waals surface area contributed by atoms with Gasteiger partial charge >= 0.3 is 0 Å². The number of carbonyl (C=O) groups is 1. The largest absolute Gasteiger partial charge is 0.316 e. The van der Waals surface area contributed by atoms with Crippen molar-refractivity contribution < 1.29 is 4.79 Å². The molecule has 24 heavy (non-hydrogen) atoms. The number of thiazole rings is 1. The third kappa shape index (κ3) is 3.37. The van der Waals surface area contributed by atoms with E-state index in [9.17, 15) is 4.79 Å². The first-order valence-corrected chi connectivity index (χ1v) is 9.55. The number of halogens is 1. The van der Waals surface area contributed by atoms with E-state index in [2.05, 4.69) is 58.4 Å². The van der Waals surface area contributed by atoms with Gasteiger partial charge < -0.3 is 4.57 Å². The van der Waals surface area contributed by atoms with E-state index in [1.165, 1.54) is 15.8 Å². The van der Waals surface area contributed by atoms with Gasteiger partial charge in [0.15, 0.2) is 4.80 Å². The molecule has 0 saturated carbocycles. The molecule has 0 bridgehead atoms. The van der Waals surface area contributed by atoms with Crippen LogP contribution < -0.4 is 4.80 Å². The van der Waals surface area contributed by atoms with Crippen LogP contribution in [0.1, 0.15) is 34.8 Å². The predicted octanol–water partition coefficient (Wildman–Crippen LogP) is 5.23. The van der Waals surface area contributed by atoms with Gasteiger partial charge in [0.05, 0.1) is 10.2 Å². The Morgan fingerprint density at radius 2 is 1.96 bits per heavy atom. The molecule has 3 nitrogen and oxygen atoms in total. The molecule has 3 aromatic rings. The van der Waals surface area contributed by atoms with Crippen LogP contribution in [0, 0.1) is 13.8 Å². The minimum atomic E-state index is -0.207. The Morgan fingerprint density at radius 1 is 1.21 bits per heavy atom. The summed E-state index contributed by atoms with van der Waals surface area (Å²) in [6, 6.07) is 11.7. The first kappa shape index (κ1) is 17.1. The summed E-state index contributed by atoms with van der Waals surface area (Å²) in [5.41, 5.74) is 4.27. The van der Waals surface area contributed by atoms with E-state index in [0.717, 1.165) is 27.8 Å². The molecule has 0 N–H and O–H groups in total. The molecule has 1 heterocycles. The molecular weight excluding hydrogens is 384 g/mol. The number of hydrogen-bond donors (Lipinski definition) is 0. The van der Waals surface area contributed by atoms with Gasteiger partial charge in [0, 0.05) is 16.6 Å². The third-order valence-corrected chi connectivity index (χ3v) is 5.55. The highest BCUT2D eigenvalue weighted by Crippen LogP contribution is 2.22. The zero-order valence-electron chi connectivity index (χ0n) is 14.0. The fourth-order valence-corrected chi connectivity index (χ4v) is 4.15. The summed E-state index contributed by atoms with van der Waals surface area (Å²) in [5.74, 6) is -0.207. The molecule has 0 fully saturated rings. The van der Waals surface area contributed by atoms with Crippen molar-refractivity contribution in [3.63, 3.8) is 0 Å². The summed E-state index contributed by atoms with van der Waals surface area (Å²) in [7, 11) is 0. The number of rotatable bonds is 3. The summed E-state index contributed by atoms with van der Waals surface area (Å²) < 4.78 is 4.21. The summed E-state index contributed by atoms with van der Waals surface area (Å²) in [4.78, 5) is 17.7. The van der Waals surface area contributed by atoms with Crippen molar-refractivity contribution in [2.75, 3.05) is 0 Å². The van der Waals surface area contributed by atoms with Gasteiger partial charge in [-0.15, -0.1) is 0 Å². The molecule has 5 heteroatoms. The Morgan fingerprint density at radius 3 is 2.67 bits per heavy atom. The molecule has 124 valence electrons. The zero-order chi connectivity index (χ0) is 17.3. The van der Waals surface area contributed by atoms with Crippen molar-refractivity contribution >= 4 is 43.4 Å². The van der Waals surface area contributed by atoms with Gasteiger partial charge in [0.1, 0.15) is 0 Å². The molecule has 0 radical (unpaired) electrons. The topological polar surface area (TPSA) is 34.4 Å².